The number of aliphatic imine (C=N–C) groups is 1. The van der Waals surface area contributed by atoms with Crippen LogP contribution in [0.15, 0.2) is 4.99 Å². The fraction of sp³-hybridized carbons (Fsp3) is 0.857. The first kappa shape index (κ1) is 13.9. The first-order valence-electron chi connectivity index (χ1n) is 6.83. The molecule has 3 nitrogen and oxygen atoms in total. The van der Waals surface area contributed by atoms with E-state index in [1.807, 2.05) is 0 Å². The van der Waals surface area contributed by atoms with Crippen molar-refractivity contribution in [3.63, 3.8) is 0 Å². The van der Waals surface area contributed by atoms with E-state index in [1.165, 1.54) is 32.1 Å². The van der Waals surface area contributed by atoms with Crippen molar-refractivity contribution in [2.24, 2.45) is 4.99 Å². The lowest BCUT2D eigenvalue weighted by atomic mass is 9.87. The zero-order chi connectivity index (χ0) is 12.4. The van der Waals surface area contributed by atoms with Crippen LogP contribution in [-0.4, -0.2) is 11.6 Å². The van der Waals surface area contributed by atoms with Crippen LogP contribution in [0.2, 0.25) is 0 Å². The van der Waals surface area contributed by atoms with E-state index in [9.17, 15) is 10.1 Å². The van der Waals surface area contributed by atoms with Gasteiger partial charge in [0.05, 0.1) is 6.07 Å². The number of isocyanates is 1. The Hall–Kier alpha value is -1.13. The van der Waals surface area contributed by atoms with Crippen LogP contribution in [-0.2, 0) is 4.79 Å². The lowest BCUT2D eigenvalue weighted by Gasteiger charge is -2.20. The minimum atomic E-state index is -0.777. The van der Waals surface area contributed by atoms with Gasteiger partial charge in [-0.3, -0.25) is 0 Å². The average Bonchev–Trinajstić information content (AvgIpc) is 2.33. The Balaban J connectivity index is 2.58. The molecule has 17 heavy (non-hydrogen) atoms. The molecule has 1 aliphatic carbocycles. The highest BCUT2D eigenvalue weighted by Gasteiger charge is 2.28. The maximum absolute atomic E-state index is 10.5. The molecule has 0 spiro atoms. The minimum Gasteiger partial charge on any atom is -0.211 e. The number of carbonyl (C=O) groups excluding carboxylic acids is 1. The second-order valence-corrected chi connectivity index (χ2v) is 5.03. The van der Waals surface area contributed by atoms with Crippen LogP contribution in [0.4, 0.5) is 0 Å². The van der Waals surface area contributed by atoms with Gasteiger partial charge in [0.2, 0.25) is 6.08 Å². The van der Waals surface area contributed by atoms with Gasteiger partial charge in [0.1, 0.15) is 0 Å². The maximum atomic E-state index is 10.5. The zero-order valence-corrected chi connectivity index (χ0v) is 10.6. The van der Waals surface area contributed by atoms with Gasteiger partial charge in [0, 0.05) is 0 Å². The molecule has 1 rings (SSSR count). The fourth-order valence-electron chi connectivity index (χ4n) is 2.53. The molecule has 0 amide bonds. The third-order valence-corrected chi connectivity index (χ3v) is 3.65. The number of hydrogen-bond acceptors (Lipinski definition) is 3. The third-order valence-electron chi connectivity index (χ3n) is 3.65. The summed E-state index contributed by atoms with van der Waals surface area (Å²) in [5.74, 6) is 0. The van der Waals surface area contributed by atoms with Crippen molar-refractivity contribution in [3.05, 3.63) is 0 Å². The first-order valence-corrected chi connectivity index (χ1v) is 6.83. The summed E-state index contributed by atoms with van der Waals surface area (Å²) in [4.78, 5) is 14.3. The van der Waals surface area contributed by atoms with Crippen molar-refractivity contribution in [3.8, 4) is 6.07 Å². The highest BCUT2D eigenvalue weighted by molar-refractivity contribution is 5.36. The van der Waals surface area contributed by atoms with Crippen LogP contribution in [0.25, 0.3) is 0 Å². The van der Waals surface area contributed by atoms with Crippen LogP contribution in [0, 0.1) is 11.3 Å². The van der Waals surface area contributed by atoms with E-state index in [2.05, 4.69) is 11.1 Å². The van der Waals surface area contributed by atoms with Crippen molar-refractivity contribution in [2.75, 3.05) is 0 Å². The zero-order valence-electron chi connectivity index (χ0n) is 10.6. The molecule has 0 N–H and O–H groups in total. The largest absolute Gasteiger partial charge is 0.236 e. The van der Waals surface area contributed by atoms with Crippen molar-refractivity contribution < 1.29 is 4.79 Å². The van der Waals surface area contributed by atoms with E-state index < -0.39 is 5.54 Å². The summed E-state index contributed by atoms with van der Waals surface area (Å²) in [5.41, 5.74) is -0.777. The fourth-order valence-corrected chi connectivity index (χ4v) is 2.53. The van der Waals surface area contributed by atoms with Crippen molar-refractivity contribution in [2.45, 2.75) is 76.2 Å². The summed E-state index contributed by atoms with van der Waals surface area (Å²) in [5, 5.41) is 9.25. The molecule has 0 aromatic carbocycles. The molecule has 1 fully saturated rings. The van der Waals surface area contributed by atoms with E-state index in [4.69, 9.17) is 0 Å². The Morgan fingerprint density at radius 2 is 1.24 bits per heavy atom. The second-order valence-electron chi connectivity index (χ2n) is 5.03. The molecule has 1 saturated carbocycles. The highest BCUT2D eigenvalue weighted by atomic mass is 16.1. The molecule has 94 valence electrons. The molecule has 0 aromatic heterocycles. The Bertz CT molecular complexity index is 288. The molecule has 0 atom stereocenters. The number of nitriles is 1. The SMILES string of the molecule is N#CC1(N=C=O)CCCCCCCCCCC1. The van der Waals surface area contributed by atoms with Crippen molar-refractivity contribution in [1.82, 2.24) is 0 Å². The smallest absolute Gasteiger partial charge is 0.211 e. The normalized spacial score (nSPS) is 22.3. The Kier molecular flexibility index (Phi) is 6.58. The van der Waals surface area contributed by atoms with Crippen LogP contribution >= 0.6 is 0 Å². The molecular weight excluding hydrogens is 212 g/mol. The summed E-state index contributed by atoms with van der Waals surface area (Å²) in [7, 11) is 0. The lowest BCUT2D eigenvalue weighted by Crippen LogP contribution is -2.24. The molecular formula is C14H22N2O. The van der Waals surface area contributed by atoms with Gasteiger partial charge in [-0.15, -0.1) is 0 Å². The maximum Gasteiger partial charge on any atom is 0.236 e. The van der Waals surface area contributed by atoms with Crippen LogP contribution < -0.4 is 0 Å². The average molecular weight is 234 g/mol. The topological polar surface area (TPSA) is 53.2 Å². The molecule has 0 aromatic rings. The van der Waals surface area contributed by atoms with Crippen molar-refractivity contribution in [1.29, 1.82) is 5.26 Å². The molecule has 0 saturated heterocycles. The first-order chi connectivity index (χ1) is 8.33. The quantitative estimate of drug-likeness (QED) is 0.510. The molecule has 0 aliphatic heterocycles. The van der Waals surface area contributed by atoms with E-state index in [0.29, 0.717) is 0 Å². The molecule has 3 heteroatoms. The van der Waals surface area contributed by atoms with Crippen molar-refractivity contribution >= 4 is 6.08 Å². The summed E-state index contributed by atoms with van der Waals surface area (Å²) in [6, 6.07) is 2.24. The Labute approximate surface area is 104 Å². The molecule has 0 radical (unpaired) electrons. The van der Waals surface area contributed by atoms with E-state index >= 15 is 0 Å². The Morgan fingerprint density at radius 1 is 0.824 bits per heavy atom. The number of rotatable bonds is 1. The predicted molar refractivity (Wildman–Crippen MR) is 67.3 cm³/mol. The molecule has 0 unspecified atom stereocenters. The van der Waals surface area contributed by atoms with Gasteiger partial charge < -0.3 is 0 Å². The summed E-state index contributed by atoms with van der Waals surface area (Å²) in [6.07, 6.45) is 13.8. The molecule has 1 aliphatic rings. The molecule has 0 heterocycles. The van der Waals surface area contributed by atoms with Gasteiger partial charge in [-0.2, -0.15) is 10.3 Å². The van der Waals surface area contributed by atoms with Gasteiger partial charge in [0.15, 0.2) is 5.54 Å². The summed E-state index contributed by atoms with van der Waals surface area (Å²) < 4.78 is 0. The number of hydrogen-bond donors (Lipinski definition) is 0. The highest BCUT2D eigenvalue weighted by Crippen LogP contribution is 2.27. The van der Waals surface area contributed by atoms with E-state index in [1.54, 1.807) is 6.08 Å². The monoisotopic (exact) mass is 234 g/mol. The third kappa shape index (κ3) is 5.15. The van der Waals surface area contributed by atoms with Gasteiger partial charge in [-0.1, -0.05) is 44.9 Å². The van der Waals surface area contributed by atoms with Gasteiger partial charge in [0.25, 0.3) is 0 Å². The van der Waals surface area contributed by atoms with E-state index in [-0.39, 0.29) is 0 Å². The van der Waals surface area contributed by atoms with Gasteiger partial charge in [-0.05, 0) is 25.7 Å². The molecule has 0 bridgehead atoms. The predicted octanol–water partition coefficient (Wildman–Crippen LogP) is 3.89. The van der Waals surface area contributed by atoms with Gasteiger partial charge in [-0.25, -0.2) is 4.79 Å². The standard InChI is InChI=1S/C14H22N2O/c15-12-14(16-13-17)10-8-6-4-2-1-3-5-7-9-11-14/h1-11H2. The Morgan fingerprint density at radius 3 is 1.59 bits per heavy atom. The summed E-state index contributed by atoms with van der Waals surface area (Å²) >= 11 is 0. The van der Waals surface area contributed by atoms with Gasteiger partial charge >= 0.3 is 0 Å². The second kappa shape index (κ2) is 8.03. The minimum absolute atomic E-state index is 0.721. The summed E-state index contributed by atoms with van der Waals surface area (Å²) in [6.45, 7) is 0. The van der Waals surface area contributed by atoms with Crippen LogP contribution in [0.3, 0.4) is 0 Å². The van der Waals surface area contributed by atoms with Crippen LogP contribution in [0.5, 0.6) is 0 Å². The number of nitrogens with zero attached hydrogens (tertiary/aromatic N) is 2. The van der Waals surface area contributed by atoms with E-state index in [0.717, 1.165) is 38.5 Å². The van der Waals surface area contributed by atoms with Crippen LogP contribution in [0.1, 0.15) is 70.6 Å². The lowest BCUT2D eigenvalue weighted by molar-refractivity contribution is 0.402.